The largest absolute Gasteiger partial charge is 0.370 e. The van der Waals surface area contributed by atoms with E-state index in [1.807, 2.05) is 13.8 Å². The van der Waals surface area contributed by atoms with Crippen molar-refractivity contribution in [2.45, 2.75) is 20.3 Å². The Hall–Kier alpha value is -1.59. The van der Waals surface area contributed by atoms with Gasteiger partial charge in [-0.25, -0.2) is 14.4 Å². The fraction of sp³-hybridized carbons (Fsp3) is 0.286. The van der Waals surface area contributed by atoms with Crippen LogP contribution in [-0.2, 0) is 6.42 Å². The molecule has 0 aliphatic rings. The molecule has 4 nitrogen and oxygen atoms in total. The number of nitrogens with one attached hydrogen (secondary N) is 2. The summed E-state index contributed by atoms with van der Waals surface area (Å²) in [5, 5.41) is 6.54. The summed E-state index contributed by atoms with van der Waals surface area (Å²) in [5.41, 5.74) is 0.419. The van der Waals surface area contributed by atoms with E-state index in [4.69, 9.17) is 23.2 Å². The normalized spacial score (nSPS) is 10.5. The molecule has 0 amide bonds. The van der Waals surface area contributed by atoms with Crippen LogP contribution in [0.3, 0.4) is 0 Å². The SMILES string of the molecule is CCNc1cc(Nc2c(Cl)cc(F)cc2Cl)nc(CC)n1. The van der Waals surface area contributed by atoms with Gasteiger partial charge in [-0.1, -0.05) is 30.1 Å². The number of nitrogens with zero attached hydrogens (tertiary/aromatic N) is 2. The van der Waals surface area contributed by atoms with Gasteiger partial charge in [0.05, 0.1) is 15.7 Å². The maximum absolute atomic E-state index is 13.2. The van der Waals surface area contributed by atoms with Gasteiger partial charge >= 0.3 is 0 Å². The Balaban J connectivity index is 2.37. The lowest BCUT2D eigenvalue weighted by Gasteiger charge is -2.12. The first-order valence-electron chi connectivity index (χ1n) is 6.56. The molecule has 2 rings (SSSR count). The molecule has 0 radical (unpaired) electrons. The Kier molecular flexibility index (Phi) is 5.20. The second-order valence-electron chi connectivity index (χ2n) is 4.31. The van der Waals surface area contributed by atoms with E-state index in [2.05, 4.69) is 20.6 Å². The number of hydrogen-bond acceptors (Lipinski definition) is 4. The minimum absolute atomic E-state index is 0.196. The van der Waals surface area contributed by atoms with Crippen molar-refractivity contribution < 1.29 is 4.39 Å². The molecule has 0 saturated heterocycles. The van der Waals surface area contributed by atoms with Gasteiger partial charge in [0.1, 0.15) is 23.3 Å². The van der Waals surface area contributed by atoms with Gasteiger partial charge in [0, 0.05) is 19.0 Å². The molecule has 7 heteroatoms. The molecule has 112 valence electrons. The van der Waals surface area contributed by atoms with Crippen LogP contribution in [0.4, 0.5) is 21.7 Å². The van der Waals surface area contributed by atoms with Crippen LogP contribution in [0.5, 0.6) is 0 Å². The zero-order chi connectivity index (χ0) is 15.4. The highest BCUT2D eigenvalue weighted by molar-refractivity contribution is 6.39. The summed E-state index contributed by atoms with van der Waals surface area (Å²) in [4.78, 5) is 8.71. The monoisotopic (exact) mass is 328 g/mol. The van der Waals surface area contributed by atoms with Gasteiger partial charge in [0.15, 0.2) is 0 Å². The van der Waals surface area contributed by atoms with Crippen LogP contribution in [0, 0.1) is 5.82 Å². The molecule has 0 atom stereocenters. The Morgan fingerprint density at radius 1 is 1.05 bits per heavy atom. The summed E-state index contributed by atoms with van der Waals surface area (Å²) in [5.74, 6) is 1.46. The molecule has 0 aliphatic heterocycles. The summed E-state index contributed by atoms with van der Waals surface area (Å²) in [6.45, 7) is 4.69. The molecule has 0 saturated carbocycles. The second-order valence-corrected chi connectivity index (χ2v) is 5.12. The molecule has 1 aromatic heterocycles. The molecule has 0 spiro atoms. The number of anilines is 3. The number of halogens is 3. The molecular formula is C14H15Cl2FN4. The third-order valence-electron chi connectivity index (χ3n) is 2.71. The minimum Gasteiger partial charge on any atom is -0.370 e. The molecule has 2 N–H and O–H groups in total. The lowest BCUT2D eigenvalue weighted by Crippen LogP contribution is -2.06. The van der Waals surface area contributed by atoms with Crippen LogP contribution < -0.4 is 10.6 Å². The van der Waals surface area contributed by atoms with Gasteiger partial charge in [0.2, 0.25) is 0 Å². The van der Waals surface area contributed by atoms with Crippen molar-refractivity contribution in [1.82, 2.24) is 9.97 Å². The van der Waals surface area contributed by atoms with Crippen LogP contribution in [0.25, 0.3) is 0 Å². The van der Waals surface area contributed by atoms with E-state index in [9.17, 15) is 4.39 Å². The summed E-state index contributed by atoms with van der Waals surface area (Å²) >= 11 is 12.0. The van der Waals surface area contributed by atoms with Crippen LogP contribution in [0.15, 0.2) is 18.2 Å². The fourth-order valence-electron chi connectivity index (χ4n) is 1.78. The van der Waals surface area contributed by atoms with E-state index in [0.717, 1.165) is 6.54 Å². The summed E-state index contributed by atoms with van der Waals surface area (Å²) in [7, 11) is 0. The fourth-order valence-corrected chi connectivity index (χ4v) is 2.34. The summed E-state index contributed by atoms with van der Waals surface area (Å²) in [6.07, 6.45) is 0.693. The average molecular weight is 329 g/mol. The molecule has 21 heavy (non-hydrogen) atoms. The van der Waals surface area contributed by atoms with E-state index in [1.165, 1.54) is 12.1 Å². The van der Waals surface area contributed by atoms with E-state index >= 15 is 0 Å². The Morgan fingerprint density at radius 2 is 1.67 bits per heavy atom. The second kappa shape index (κ2) is 6.91. The number of rotatable bonds is 5. The highest BCUT2D eigenvalue weighted by atomic mass is 35.5. The standard InChI is InChI=1S/C14H15Cl2FN4/c1-3-11-19-12(18-4-2)7-13(20-11)21-14-9(15)5-8(17)6-10(14)16/h5-7H,3-4H2,1-2H3,(H2,18,19,20,21). The molecular weight excluding hydrogens is 314 g/mol. The number of aryl methyl sites for hydroxylation is 1. The Bertz CT molecular complexity index is 626. The third-order valence-corrected chi connectivity index (χ3v) is 3.30. The molecule has 0 bridgehead atoms. The topological polar surface area (TPSA) is 49.8 Å². The molecule has 1 heterocycles. The van der Waals surface area contributed by atoms with Gasteiger partial charge in [-0.15, -0.1) is 0 Å². The van der Waals surface area contributed by atoms with E-state index in [-0.39, 0.29) is 10.0 Å². The first-order valence-corrected chi connectivity index (χ1v) is 7.32. The zero-order valence-corrected chi connectivity index (χ0v) is 13.2. The van der Waals surface area contributed by atoms with E-state index in [1.54, 1.807) is 6.07 Å². The first kappa shape index (κ1) is 15.8. The zero-order valence-electron chi connectivity index (χ0n) is 11.7. The van der Waals surface area contributed by atoms with Crippen LogP contribution >= 0.6 is 23.2 Å². The van der Waals surface area contributed by atoms with Crippen molar-refractivity contribution in [3.63, 3.8) is 0 Å². The van der Waals surface area contributed by atoms with Crippen LogP contribution in [0.1, 0.15) is 19.7 Å². The highest BCUT2D eigenvalue weighted by Gasteiger charge is 2.11. The molecule has 0 unspecified atom stereocenters. The quantitative estimate of drug-likeness (QED) is 0.838. The van der Waals surface area contributed by atoms with Gasteiger partial charge in [-0.3, -0.25) is 0 Å². The highest BCUT2D eigenvalue weighted by Crippen LogP contribution is 2.33. The maximum Gasteiger partial charge on any atom is 0.136 e. The first-order chi connectivity index (χ1) is 10.0. The summed E-state index contributed by atoms with van der Waals surface area (Å²) < 4.78 is 13.2. The molecule has 0 fully saturated rings. The number of benzene rings is 1. The number of aromatic nitrogens is 2. The van der Waals surface area contributed by atoms with Gasteiger partial charge in [0.25, 0.3) is 0 Å². The summed E-state index contributed by atoms with van der Waals surface area (Å²) in [6, 6.07) is 4.14. The van der Waals surface area contributed by atoms with Gasteiger partial charge in [-0.05, 0) is 19.1 Å². The Labute approximate surface area is 132 Å². The van der Waals surface area contributed by atoms with E-state index < -0.39 is 5.82 Å². The minimum atomic E-state index is -0.485. The smallest absolute Gasteiger partial charge is 0.136 e. The van der Waals surface area contributed by atoms with Gasteiger partial charge in [-0.2, -0.15) is 0 Å². The lowest BCUT2D eigenvalue weighted by atomic mass is 10.3. The third kappa shape index (κ3) is 3.95. The molecule has 1 aromatic carbocycles. The maximum atomic E-state index is 13.2. The van der Waals surface area contributed by atoms with Crippen molar-refractivity contribution >= 4 is 40.5 Å². The van der Waals surface area contributed by atoms with Crippen molar-refractivity contribution in [2.24, 2.45) is 0 Å². The van der Waals surface area contributed by atoms with Crippen molar-refractivity contribution in [3.05, 3.63) is 39.9 Å². The van der Waals surface area contributed by atoms with E-state index in [0.29, 0.717) is 29.6 Å². The van der Waals surface area contributed by atoms with Crippen molar-refractivity contribution in [1.29, 1.82) is 0 Å². The van der Waals surface area contributed by atoms with Crippen LogP contribution in [0.2, 0.25) is 10.0 Å². The predicted molar refractivity (Wildman–Crippen MR) is 85.3 cm³/mol. The molecule has 0 aliphatic carbocycles. The number of hydrogen-bond donors (Lipinski definition) is 2. The Morgan fingerprint density at radius 3 is 2.24 bits per heavy atom. The van der Waals surface area contributed by atoms with Crippen molar-refractivity contribution in [3.8, 4) is 0 Å². The van der Waals surface area contributed by atoms with Crippen LogP contribution in [-0.4, -0.2) is 16.5 Å². The lowest BCUT2D eigenvalue weighted by molar-refractivity contribution is 0.628. The van der Waals surface area contributed by atoms with Gasteiger partial charge < -0.3 is 10.6 Å². The van der Waals surface area contributed by atoms with Crippen molar-refractivity contribution in [2.75, 3.05) is 17.2 Å². The predicted octanol–water partition coefficient (Wildman–Crippen LogP) is 4.66. The molecule has 2 aromatic rings. The average Bonchev–Trinajstić information content (AvgIpc) is 2.43.